The standard InChI is InChI=1S/C14H22N4S2/c1-5-9(8-19-4)18(3)12-11-7-10(6-2)20-13(11)17-14(15)16-12/h7,9H,5-6,8H2,1-4H3,(H2,15,16,17). The van der Waals surface area contributed by atoms with Crippen LogP contribution in [0.4, 0.5) is 11.8 Å². The first-order chi connectivity index (χ1) is 9.60. The maximum atomic E-state index is 5.88. The number of fused-ring (bicyclic) bond motifs is 1. The van der Waals surface area contributed by atoms with Gasteiger partial charge in [-0.3, -0.25) is 0 Å². The highest BCUT2D eigenvalue weighted by molar-refractivity contribution is 7.98. The molecular weight excluding hydrogens is 288 g/mol. The largest absolute Gasteiger partial charge is 0.368 e. The summed E-state index contributed by atoms with van der Waals surface area (Å²) in [6.07, 6.45) is 4.25. The highest BCUT2D eigenvalue weighted by atomic mass is 32.2. The Morgan fingerprint density at radius 3 is 2.75 bits per heavy atom. The number of thiophene rings is 1. The van der Waals surface area contributed by atoms with E-state index < -0.39 is 0 Å². The third-order valence-electron chi connectivity index (χ3n) is 3.50. The van der Waals surface area contributed by atoms with E-state index >= 15 is 0 Å². The molecule has 1 atom stereocenters. The summed E-state index contributed by atoms with van der Waals surface area (Å²) in [6, 6.07) is 2.67. The van der Waals surface area contributed by atoms with Crippen LogP contribution in [0.15, 0.2) is 6.07 Å². The van der Waals surface area contributed by atoms with Crippen LogP contribution in [0.3, 0.4) is 0 Å². The second-order valence-electron chi connectivity index (χ2n) is 4.82. The van der Waals surface area contributed by atoms with E-state index in [1.807, 2.05) is 11.8 Å². The van der Waals surface area contributed by atoms with Gasteiger partial charge in [0.2, 0.25) is 5.95 Å². The smallest absolute Gasteiger partial charge is 0.223 e. The molecule has 1 unspecified atom stereocenters. The molecule has 2 rings (SSSR count). The lowest BCUT2D eigenvalue weighted by atomic mass is 10.2. The summed E-state index contributed by atoms with van der Waals surface area (Å²) < 4.78 is 0. The highest BCUT2D eigenvalue weighted by Crippen LogP contribution is 2.32. The first-order valence-electron chi connectivity index (χ1n) is 6.88. The summed E-state index contributed by atoms with van der Waals surface area (Å²) in [7, 11) is 2.11. The molecule has 0 fully saturated rings. The van der Waals surface area contributed by atoms with Crippen LogP contribution < -0.4 is 10.6 Å². The number of nitrogen functional groups attached to an aromatic ring is 1. The molecule has 0 aromatic carbocycles. The van der Waals surface area contributed by atoms with Gasteiger partial charge in [-0.05, 0) is 25.2 Å². The van der Waals surface area contributed by atoms with Crippen molar-refractivity contribution in [3.05, 3.63) is 10.9 Å². The summed E-state index contributed by atoms with van der Waals surface area (Å²) in [5.74, 6) is 2.41. The average Bonchev–Trinajstić information content (AvgIpc) is 2.85. The minimum absolute atomic E-state index is 0.364. The zero-order valence-corrected chi connectivity index (χ0v) is 14.1. The Balaban J connectivity index is 2.48. The van der Waals surface area contributed by atoms with Crippen molar-refractivity contribution < 1.29 is 0 Å². The van der Waals surface area contributed by atoms with Crippen LogP contribution in [0.1, 0.15) is 25.1 Å². The lowest BCUT2D eigenvalue weighted by Gasteiger charge is -2.28. The molecule has 0 spiro atoms. The van der Waals surface area contributed by atoms with Crippen LogP contribution >= 0.6 is 23.1 Å². The van der Waals surface area contributed by atoms with E-state index in [1.165, 1.54) is 4.88 Å². The van der Waals surface area contributed by atoms with Crippen molar-refractivity contribution in [2.45, 2.75) is 32.7 Å². The predicted molar refractivity (Wildman–Crippen MR) is 92.1 cm³/mol. The van der Waals surface area contributed by atoms with Crippen molar-refractivity contribution >= 4 is 45.1 Å². The van der Waals surface area contributed by atoms with E-state index in [2.05, 4.69) is 48.1 Å². The van der Waals surface area contributed by atoms with Crippen LogP contribution in [0.25, 0.3) is 10.2 Å². The number of rotatable bonds is 6. The number of hydrogen-bond acceptors (Lipinski definition) is 6. The molecule has 110 valence electrons. The molecule has 0 bridgehead atoms. The Labute approximate surface area is 128 Å². The van der Waals surface area contributed by atoms with Gasteiger partial charge in [0.1, 0.15) is 10.6 Å². The second-order valence-corrected chi connectivity index (χ2v) is 6.84. The van der Waals surface area contributed by atoms with E-state index in [0.717, 1.165) is 34.6 Å². The molecule has 0 aliphatic heterocycles. The fourth-order valence-corrected chi connectivity index (χ4v) is 4.10. The van der Waals surface area contributed by atoms with E-state index in [4.69, 9.17) is 5.73 Å². The summed E-state index contributed by atoms with van der Waals surface area (Å²) in [4.78, 5) is 13.4. The van der Waals surface area contributed by atoms with Crippen LogP contribution in [0.5, 0.6) is 0 Å². The second kappa shape index (κ2) is 6.63. The minimum Gasteiger partial charge on any atom is -0.368 e. The van der Waals surface area contributed by atoms with Gasteiger partial charge in [-0.2, -0.15) is 16.7 Å². The molecule has 0 aliphatic rings. The highest BCUT2D eigenvalue weighted by Gasteiger charge is 2.19. The number of aromatic nitrogens is 2. The van der Waals surface area contributed by atoms with Gasteiger partial charge in [-0.15, -0.1) is 11.3 Å². The molecule has 6 heteroatoms. The van der Waals surface area contributed by atoms with Gasteiger partial charge in [0, 0.05) is 23.7 Å². The Morgan fingerprint density at radius 2 is 2.15 bits per heavy atom. The molecule has 0 saturated heterocycles. The summed E-state index contributed by atoms with van der Waals surface area (Å²) in [5.41, 5.74) is 5.88. The number of thioether (sulfide) groups is 1. The molecular formula is C14H22N4S2. The fraction of sp³-hybridized carbons (Fsp3) is 0.571. The Morgan fingerprint density at radius 1 is 1.40 bits per heavy atom. The van der Waals surface area contributed by atoms with Gasteiger partial charge < -0.3 is 10.6 Å². The first-order valence-corrected chi connectivity index (χ1v) is 9.09. The number of nitrogens with two attached hydrogens (primary N) is 1. The topological polar surface area (TPSA) is 55.0 Å². The molecule has 0 radical (unpaired) electrons. The van der Waals surface area contributed by atoms with Gasteiger partial charge in [0.15, 0.2) is 0 Å². The third-order valence-corrected chi connectivity index (χ3v) is 5.39. The van der Waals surface area contributed by atoms with Gasteiger partial charge in [-0.25, -0.2) is 4.98 Å². The molecule has 0 aliphatic carbocycles. The average molecular weight is 310 g/mol. The number of nitrogens with zero attached hydrogens (tertiary/aromatic N) is 3. The van der Waals surface area contributed by atoms with Crippen molar-refractivity contribution in [1.29, 1.82) is 0 Å². The van der Waals surface area contributed by atoms with Crippen molar-refractivity contribution in [2.24, 2.45) is 0 Å². The molecule has 0 saturated carbocycles. The zero-order valence-electron chi connectivity index (χ0n) is 12.5. The van der Waals surface area contributed by atoms with Crippen molar-refractivity contribution in [3.63, 3.8) is 0 Å². The molecule has 2 aromatic rings. The van der Waals surface area contributed by atoms with Crippen molar-refractivity contribution in [3.8, 4) is 0 Å². The van der Waals surface area contributed by atoms with Crippen molar-refractivity contribution in [2.75, 3.05) is 29.7 Å². The number of aryl methyl sites for hydroxylation is 1. The monoisotopic (exact) mass is 310 g/mol. The lowest BCUT2D eigenvalue weighted by molar-refractivity contribution is 0.668. The van der Waals surface area contributed by atoms with Gasteiger partial charge in [0.05, 0.1) is 5.39 Å². The number of anilines is 2. The first kappa shape index (κ1) is 15.4. The SMILES string of the molecule is CCc1cc2c(N(C)C(CC)CSC)nc(N)nc2s1. The van der Waals surface area contributed by atoms with Crippen LogP contribution in [-0.4, -0.2) is 35.1 Å². The van der Waals surface area contributed by atoms with E-state index in [0.29, 0.717) is 12.0 Å². The van der Waals surface area contributed by atoms with Gasteiger partial charge >= 0.3 is 0 Å². The normalized spacial score (nSPS) is 12.8. The van der Waals surface area contributed by atoms with Gasteiger partial charge in [0.25, 0.3) is 0 Å². The molecule has 2 aromatic heterocycles. The summed E-state index contributed by atoms with van der Waals surface area (Å²) >= 11 is 3.58. The summed E-state index contributed by atoms with van der Waals surface area (Å²) in [6.45, 7) is 4.37. The van der Waals surface area contributed by atoms with Crippen molar-refractivity contribution in [1.82, 2.24) is 9.97 Å². The molecule has 0 amide bonds. The molecule has 4 nitrogen and oxygen atoms in total. The maximum Gasteiger partial charge on any atom is 0.223 e. The van der Waals surface area contributed by atoms with Crippen LogP contribution in [0.2, 0.25) is 0 Å². The van der Waals surface area contributed by atoms with Crippen LogP contribution in [0, 0.1) is 0 Å². The molecule has 2 N–H and O–H groups in total. The number of hydrogen-bond donors (Lipinski definition) is 1. The summed E-state index contributed by atoms with van der Waals surface area (Å²) in [5, 5.41) is 1.13. The lowest BCUT2D eigenvalue weighted by Crippen LogP contribution is -2.34. The maximum absolute atomic E-state index is 5.88. The predicted octanol–water partition coefficient (Wildman–Crippen LogP) is 3.41. The Bertz CT molecular complexity index is 582. The minimum atomic E-state index is 0.364. The quantitative estimate of drug-likeness (QED) is 0.886. The van der Waals surface area contributed by atoms with Gasteiger partial charge in [-0.1, -0.05) is 13.8 Å². The van der Waals surface area contributed by atoms with E-state index in [9.17, 15) is 0 Å². The Kier molecular flexibility index (Phi) is 5.10. The van der Waals surface area contributed by atoms with E-state index in [-0.39, 0.29) is 0 Å². The zero-order chi connectivity index (χ0) is 14.7. The fourth-order valence-electron chi connectivity index (χ4n) is 2.28. The Hall–Kier alpha value is -1.01. The molecule has 20 heavy (non-hydrogen) atoms. The third kappa shape index (κ3) is 3.01. The van der Waals surface area contributed by atoms with Crippen LogP contribution in [-0.2, 0) is 6.42 Å². The van der Waals surface area contributed by atoms with E-state index in [1.54, 1.807) is 11.3 Å². The molecule has 2 heterocycles.